The molecule has 1 aromatic heterocycles. The van der Waals surface area contributed by atoms with Gasteiger partial charge in [-0.05, 0) is 36.4 Å². The lowest BCUT2D eigenvalue weighted by Crippen LogP contribution is -2.09. The van der Waals surface area contributed by atoms with Crippen LogP contribution in [0.15, 0.2) is 115 Å². The number of aromatic nitrogens is 1. The van der Waals surface area contributed by atoms with Gasteiger partial charge in [-0.1, -0.05) is 90.2 Å². The lowest BCUT2D eigenvalue weighted by molar-refractivity contribution is 0.416. The Morgan fingerprint density at radius 2 is 1.19 bits per heavy atom. The Balaban J connectivity index is 1.77. The highest BCUT2D eigenvalue weighted by Crippen LogP contribution is 2.47. The van der Waals surface area contributed by atoms with E-state index in [0.717, 1.165) is 44.0 Å². The molecule has 0 spiro atoms. The minimum Gasteiger partial charge on any atom is -0.496 e. The van der Waals surface area contributed by atoms with Gasteiger partial charge in [0.25, 0.3) is 0 Å². The molecule has 0 aliphatic heterocycles. The maximum atomic E-state index is 5.64. The van der Waals surface area contributed by atoms with Crippen LogP contribution in [0.3, 0.4) is 0 Å². The van der Waals surface area contributed by atoms with E-state index in [2.05, 4.69) is 83.8 Å². The number of nitrogens with zero attached hydrogens (tertiary/aromatic N) is 2. The van der Waals surface area contributed by atoms with E-state index in [4.69, 9.17) is 9.72 Å². The van der Waals surface area contributed by atoms with Crippen molar-refractivity contribution in [2.75, 3.05) is 12.0 Å². The van der Waals surface area contributed by atoms with Crippen LogP contribution >= 0.6 is 11.3 Å². The fraction of sp³-hybridized carbons (Fsp3) is 0.0357. The predicted octanol–water partition coefficient (Wildman–Crippen LogP) is 7.96. The first-order valence-corrected chi connectivity index (χ1v) is 11.3. The smallest absolute Gasteiger partial charge is 0.129 e. The van der Waals surface area contributed by atoms with Gasteiger partial charge >= 0.3 is 0 Å². The van der Waals surface area contributed by atoms with Crippen molar-refractivity contribution in [2.24, 2.45) is 0 Å². The van der Waals surface area contributed by atoms with E-state index < -0.39 is 0 Å². The molecule has 5 aromatic rings. The summed E-state index contributed by atoms with van der Waals surface area (Å²) in [5.41, 5.74) is 5.20. The van der Waals surface area contributed by atoms with Gasteiger partial charge in [0.1, 0.15) is 21.5 Å². The van der Waals surface area contributed by atoms with E-state index in [1.165, 1.54) is 0 Å². The summed E-state index contributed by atoms with van der Waals surface area (Å²) in [4.78, 5) is 7.40. The Hall–Kier alpha value is -3.89. The molecular weight excluding hydrogens is 412 g/mol. The molecule has 0 radical (unpaired) electrons. The van der Waals surface area contributed by atoms with E-state index in [-0.39, 0.29) is 0 Å². The van der Waals surface area contributed by atoms with E-state index >= 15 is 0 Å². The van der Waals surface area contributed by atoms with E-state index in [0.29, 0.717) is 0 Å². The number of ether oxygens (including phenoxy) is 1. The molecule has 0 fully saturated rings. The number of anilines is 3. The number of benzene rings is 4. The minimum absolute atomic E-state index is 0.818. The molecule has 0 aliphatic carbocycles. The molecule has 0 N–H and O–H groups in total. The van der Waals surface area contributed by atoms with Gasteiger partial charge in [-0.15, -0.1) is 0 Å². The zero-order valence-corrected chi connectivity index (χ0v) is 18.5. The minimum atomic E-state index is 0.818. The first-order chi connectivity index (χ1) is 15.8. The highest BCUT2D eigenvalue weighted by atomic mass is 32.1. The topological polar surface area (TPSA) is 25.4 Å². The number of thiazole rings is 1. The molecule has 0 saturated carbocycles. The van der Waals surface area contributed by atoms with Crippen LogP contribution in [0.4, 0.5) is 16.4 Å². The molecule has 0 unspecified atom stereocenters. The second-order valence-electron chi connectivity index (χ2n) is 7.25. The second-order valence-corrected chi connectivity index (χ2v) is 8.22. The van der Waals surface area contributed by atoms with Crippen molar-refractivity contribution in [1.29, 1.82) is 0 Å². The molecule has 4 aromatic carbocycles. The standard InChI is InChI=1S/C28H22N2OS/c1-31-25-20-12-11-19-24(25)27-29-26(21-13-5-2-6-14-21)28(32-27)30(22-15-7-3-8-16-22)23-17-9-4-10-18-23/h2-20H,1H3. The van der Waals surface area contributed by atoms with Gasteiger partial charge < -0.3 is 9.64 Å². The summed E-state index contributed by atoms with van der Waals surface area (Å²) in [6.45, 7) is 0. The third kappa shape index (κ3) is 3.88. The maximum absolute atomic E-state index is 5.64. The van der Waals surface area contributed by atoms with Crippen LogP contribution in [0.25, 0.3) is 21.8 Å². The molecule has 0 atom stereocenters. The van der Waals surface area contributed by atoms with Crippen LogP contribution in [0.5, 0.6) is 5.75 Å². The summed E-state index contributed by atoms with van der Waals surface area (Å²) in [7, 11) is 1.70. The molecule has 3 nitrogen and oxygen atoms in total. The zero-order valence-electron chi connectivity index (χ0n) is 17.7. The Kier molecular flexibility index (Phi) is 5.69. The van der Waals surface area contributed by atoms with Crippen LogP contribution in [0.2, 0.25) is 0 Å². The van der Waals surface area contributed by atoms with Crippen molar-refractivity contribution in [1.82, 2.24) is 4.98 Å². The Bertz CT molecular complexity index is 1260. The van der Waals surface area contributed by atoms with Crippen molar-refractivity contribution in [3.05, 3.63) is 115 Å². The summed E-state index contributed by atoms with van der Waals surface area (Å²) in [5.74, 6) is 0.818. The number of methoxy groups -OCH3 is 1. The monoisotopic (exact) mass is 434 g/mol. The van der Waals surface area contributed by atoms with Gasteiger partial charge in [0.2, 0.25) is 0 Å². The summed E-state index contributed by atoms with van der Waals surface area (Å²) in [6.07, 6.45) is 0. The lowest BCUT2D eigenvalue weighted by Gasteiger charge is -2.24. The van der Waals surface area contributed by atoms with Crippen LogP contribution in [-0.4, -0.2) is 12.1 Å². The van der Waals surface area contributed by atoms with Crippen molar-refractivity contribution in [3.8, 4) is 27.6 Å². The fourth-order valence-corrected chi connectivity index (χ4v) is 4.88. The number of rotatable bonds is 6. The second kappa shape index (κ2) is 9.08. The molecule has 4 heteroatoms. The highest BCUT2D eigenvalue weighted by Gasteiger charge is 2.23. The molecule has 0 bridgehead atoms. The third-order valence-electron chi connectivity index (χ3n) is 5.23. The molecule has 1 heterocycles. The van der Waals surface area contributed by atoms with Crippen LogP contribution in [0, 0.1) is 0 Å². The van der Waals surface area contributed by atoms with Crippen LogP contribution in [-0.2, 0) is 0 Å². The number of hydrogen-bond acceptors (Lipinski definition) is 4. The summed E-state index contributed by atoms with van der Waals surface area (Å²) in [6, 6.07) is 39.3. The Labute approximate surface area is 192 Å². The molecular formula is C28H22N2OS. The van der Waals surface area contributed by atoms with Gasteiger partial charge in [0, 0.05) is 16.9 Å². The van der Waals surface area contributed by atoms with Crippen molar-refractivity contribution in [2.45, 2.75) is 0 Å². The molecule has 0 amide bonds. The first kappa shape index (κ1) is 20.0. The normalized spacial score (nSPS) is 10.7. The van der Waals surface area contributed by atoms with Crippen molar-refractivity contribution < 1.29 is 4.74 Å². The molecule has 156 valence electrons. The lowest BCUT2D eigenvalue weighted by atomic mass is 10.1. The summed E-state index contributed by atoms with van der Waals surface area (Å²) >= 11 is 1.67. The highest BCUT2D eigenvalue weighted by molar-refractivity contribution is 7.19. The molecule has 0 saturated heterocycles. The summed E-state index contributed by atoms with van der Waals surface area (Å²) < 4.78 is 5.64. The zero-order chi connectivity index (χ0) is 21.8. The third-order valence-corrected chi connectivity index (χ3v) is 6.30. The average molecular weight is 435 g/mol. The Morgan fingerprint density at radius 3 is 1.78 bits per heavy atom. The average Bonchev–Trinajstić information content (AvgIpc) is 3.31. The fourth-order valence-electron chi connectivity index (χ4n) is 3.72. The maximum Gasteiger partial charge on any atom is 0.129 e. The van der Waals surface area contributed by atoms with Gasteiger partial charge in [-0.3, -0.25) is 0 Å². The van der Waals surface area contributed by atoms with E-state index in [1.807, 2.05) is 36.4 Å². The van der Waals surface area contributed by atoms with Crippen LogP contribution < -0.4 is 9.64 Å². The first-order valence-electron chi connectivity index (χ1n) is 10.4. The summed E-state index contributed by atoms with van der Waals surface area (Å²) in [5, 5.41) is 1.99. The molecule has 32 heavy (non-hydrogen) atoms. The molecule has 5 rings (SSSR count). The number of hydrogen-bond donors (Lipinski definition) is 0. The largest absolute Gasteiger partial charge is 0.496 e. The van der Waals surface area contributed by atoms with Crippen molar-refractivity contribution >= 4 is 27.7 Å². The predicted molar refractivity (Wildman–Crippen MR) is 134 cm³/mol. The van der Waals surface area contributed by atoms with E-state index in [9.17, 15) is 0 Å². The van der Waals surface area contributed by atoms with Gasteiger partial charge in [0.05, 0.1) is 12.7 Å². The molecule has 0 aliphatic rings. The van der Waals surface area contributed by atoms with E-state index in [1.54, 1.807) is 18.4 Å². The van der Waals surface area contributed by atoms with Crippen LogP contribution in [0.1, 0.15) is 0 Å². The van der Waals surface area contributed by atoms with Gasteiger partial charge in [-0.2, -0.15) is 0 Å². The quantitative estimate of drug-likeness (QED) is 0.271. The van der Waals surface area contributed by atoms with Gasteiger partial charge in [-0.25, -0.2) is 4.98 Å². The van der Waals surface area contributed by atoms with Crippen molar-refractivity contribution in [3.63, 3.8) is 0 Å². The SMILES string of the molecule is COc1ccccc1-c1nc(-c2ccccc2)c(N(c2ccccc2)c2ccccc2)s1. The Morgan fingerprint density at radius 1 is 0.656 bits per heavy atom. The number of para-hydroxylation sites is 3. The van der Waals surface area contributed by atoms with Gasteiger partial charge in [0.15, 0.2) is 0 Å².